The number of hydrogen-bond acceptors (Lipinski definition) is 4. The van der Waals surface area contributed by atoms with Crippen molar-refractivity contribution in [3.05, 3.63) is 0 Å². The number of rotatable bonds is 5. The van der Waals surface area contributed by atoms with Crippen molar-refractivity contribution in [3.8, 4) is 0 Å². The summed E-state index contributed by atoms with van der Waals surface area (Å²) in [5.74, 6) is 0.0763. The molecule has 18 heavy (non-hydrogen) atoms. The van der Waals surface area contributed by atoms with Crippen LogP contribution in [-0.4, -0.2) is 67.3 Å². The topological polar surface area (TPSA) is 60.9 Å². The second kappa shape index (κ2) is 6.32. The van der Waals surface area contributed by atoms with Gasteiger partial charge in [0, 0.05) is 38.8 Å². The monoisotopic (exact) mass is 276 g/mol. The first-order valence-electron chi connectivity index (χ1n) is 6.96. The van der Waals surface area contributed by atoms with Gasteiger partial charge < -0.3 is 5.11 Å². The fourth-order valence-corrected chi connectivity index (χ4v) is 4.46. The lowest BCUT2D eigenvalue weighted by molar-refractivity contribution is 0.139. The third kappa shape index (κ3) is 3.44. The van der Waals surface area contributed by atoms with Gasteiger partial charge in [0.1, 0.15) is 0 Å². The summed E-state index contributed by atoms with van der Waals surface area (Å²) in [6.45, 7) is 2.90. The molecule has 2 fully saturated rings. The standard InChI is InChI=1S/C12H24N2O3S/c15-10-3-11-18(16,17)14-8-6-13(7-9-14)12-4-1-2-5-12/h12,15H,1-11H2. The molecule has 1 saturated heterocycles. The van der Waals surface area contributed by atoms with Gasteiger partial charge in [0.25, 0.3) is 0 Å². The van der Waals surface area contributed by atoms with Crippen LogP contribution in [0.4, 0.5) is 0 Å². The third-order valence-electron chi connectivity index (χ3n) is 4.07. The van der Waals surface area contributed by atoms with Crippen LogP contribution >= 0.6 is 0 Å². The Morgan fingerprint density at radius 2 is 1.67 bits per heavy atom. The van der Waals surface area contributed by atoms with E-state index in [9.17, 15) is 8.42 Å². The lowest BCUT2D eigenvalue weighted by Crippen LogP contribution is -2.51. The lowest BCUT2D eigenvalue weighted by Gasteiger charge is -2.37. The molecule has 0 aromatic heterocycles. The highest BCUT2D eigenvalue weighted by Crippen LogP contribution is 2.24. The zero-order valence-electron chi connectivity index (χ0n) is 10.9. The van der Waals surface area contributed by atoms with Gasteiger partial charge in [0.2, 0.25) is 10.0 Å². The Hall–Kier alpha value is -0.170. The van der Waals surface area contributed by atoms with Gasteiger partial charge in [-0.25, -0.2) is 8.42 Å². The van der Waals surface area contributed by atoms with Crippen LogP contribution in [0.3, 0.4) is 0 Å². The Bertz CT molecular complexity index is 344. The van der Waals surface area contributed by atoms with Crippen molar-refractivity contribution >= 4 is 10.0 Å². The molecule has 0 aromatic carbocycles. The van der Waals surface area contributed by atoms with E-state index in [0.717, 1.165) is 13.1 Å². The number of aliphatic hydroxyl groups is 1. The van der Waals surface area contributed by atoms with Crippen molar-refractivity contribution in [1.82, 2.24) is 9.21 Å². The predicted molar refractivity (Wildman–Crippen MR) is 70.9 cm³/mol. The highest BCUT2D eigenvalue weighted by molar-refractivity contribution is 7.89. The quantitative estimate of drug-likeness (QED) is 0.782. The summed E-state index contributed by atoms with van der Waals surface area (Å²) in [5, 5.41) is 8.72. The van der Waals surface area contributed by atoms with Crippen LogP contribution in [0.2, 0.25) is 0 Å². The second-order valence-electron chi connectivity index (χ2n) is 5.27. The average Bonchev–Trinajstić information content (AvgIpc) is 2.90. The van der Waals surface area contributed by atoms with Crippen LogP contribution in [-0.2, 0) is 10.0 Å². The van der Waals surface area contributed by atoms with Gasteiger partial charge in [0.15, 0.2) is 0 Å². The molecule has 1 aliphatic heterocycles. The van der Waals surface area contributed by atoms with Crippen LogP contribution in [0.5, 0.6) is 0 Å². The molecular formula is C12H24N2O3S. The van der Waals surface area contributed by atoms with Gasteiger partial charge in [-0.05, 0) is 19.3 Å². The minimum Gasteiger partial charge on any atom is -0.396 e. The van der Waals surface area contributed by atoms with Crippen molar-refractivity contribution in [3.63, 3.8) is 0 Å². The van der Waals surface area contributed by atoms with Crippen LogP contribution in [0.15, 0.2) is 0 Å². The van der Waals surface area contributed by atoms with E-state index in [4.69, 9.17) is 5.11 Å². The minimum absolute atomic E-state index is 0.0543. The molecule has 0 atom stereocenters. The van der Waals surface area contributed by atoms with Crippen LogP contribution < -0.4 is 0 Å². The third-order valence-corrected chi connectivity index (χ3v) is 6.02. The highest BCUT2D eigenvalue weighted by Gasteiger charge is 2.30. The largest absolute Gasteiger partial charge is 0.396 e. The van der Waals surface area contributed by atoms with Gasteiger partial charge in [-0.3, -0.25) is 4.90 Å². The summed E-state index contributed by atoms with van der Waals surface area (Å²) >= 11 is 0. The van der Waals surface area contributed by atoms with Crippen molar-refractivity contribution < 1.29 is 13.5 Å². The maximum absolute atomic E-state index is 12.0. The Kier molecular flexibility index (Phi) is 5.00. The van der Waals surface area contributed by atoms with Crippen LogP contribution in [0, 0.1) is 0 Å². The molecule has 0 radical (unpaired) electrons. The van der Waals surface area contributed by atoms with Crippen molar-refractivity contribution in [2.45, 2.75) is 38.1 Å². The van der Waals surface area contributed by atoms with E-state index in [2.05, 4.69) is 4.90 Å². The minimum atomic E-state index is -3.15. The molecule has 0 bridgehead atoms. The molecule has 2 aliphatic rings. The van der Waals surface area contributed by atoms with Crippen LogP contribution in [0.1, 0.15) is 32.1 Å². The lowest BCUT2D eigenvalue weighted by atomic mass is 10.2. The number of sulfonamides is 1. The molecular weight excluding hydrogens is 252 g/mol. The highest BCUT2D eigenvalue weighted by atomic mass is 32.2. The second-order valence-corrected chi connectivity index (χ2v) is 7.35. The molecule has 1 aliphatic carbocycles. The Labute approximate surface area is 110 Å². The molecule has 0 spiro atoms. The molecule has 1 saturated carbocycles. The predicted octanol–water partition coefficient (Wildman–Crippen LogP) is 0.259. The summed E-state index contributed by atoms with van der Waals surface area (Å²) in [4.78, 5) is 2.45. The smallest absolute Gasteiger partial charge is 0.214 e. The fraction of sp³-hybridized carbons (Fsp3) is 1.00. The maximum atomic E-state index is 12.0. The first-order chi connectivity index (χ1) is 8.63. The van der Waals surface area contributed by atoms with E-state index in [1.54, 1.807) is 4.31 Å². The number of nitrogens with zero attached hydrogens (tertiary/aromatic N) is 2. The summed E-state index contributed by atoms with van der Waals surface area (Å²) in [6, 6.07) is 0.687. The summed E-state index contributed by atoms with van der Waals surface area (Å²) in [6.07, 6.45) is 5.53. The van der Waals surface area contributed by atoms with Crippen molar-refractivity contribution in [2.24, 2.45) is 0 Å². The fourth-order valence-electron chi connectivity index (χ4n) is 2.99. The molecule has 0 amide bonds. The first-order valence-corrected chi connectivity index (χ1v) is 8.57. The van der Waals surface area contributed by atoms with E-state index in [-0.39, 0.29) is 12.4 Å². The van der Waals surface area contributed by atoms with E-state index < -0.39 is 10.0 Å². The molecule has 106 valence electrons. The molecule has 5 nitrogen and oxygen atoms in total. The molecule has 1 heterocycles. The van der Waals surface area contributed by atoms with Crippen LogP contribution in [0.25, 0.3) is 0 Å². The van der Waals surface area contributed by atoms with E-state index in [0.29, 0.717) is 25.6 Å². The van der Waals surface area contributed by atoms with E-state index >= 15 is 0 Å². The van der Waals surface area contributed by atoms with Gasteiger partial charge in [-0.1, -0.05) is 12.8 Å². The number of piperazine rings is 1. The summed E-state index contributed by atoms with van der Waals surface area (Å²) in [5.41, 5.74) is 0. The van der Waals surface area contributed by atoms with E-state index in [1.165, 1.54) is 25.7 Å². The first kappa shape index (κ1) is 14.2. The van der Waals surface area contributed by atoms with Gasteiger partial charge >= 0.3 is 0 Å². The van der Waals surface area contributed by atoms with Crippen molar-refractivity contribution in [2.75, 3.05) is 38.5 Å². The molecule has 0 unspecified atom stereocenters. The average molecular weight is 276 g/mol. The summed E-state index contributed by atoms with van der Waals surface area (Å²) in [7, 11) is -3.15. The number of aliphatic hydroxyl groups excluding tert-OH is 1. The molecule has 1 N–H and O–H groups in total. The zero-order chi connectivity index (χ0) is 13.0. The van der Waals surface area contributed by atoms with E-state index in [1.807, 2.05) is 0 Å². The van der Waals surface area contributed by atoms with Gasteiger partial charge in [-0.2, -0.15) is 4.31 Å². The summed E-state index contributed by atoms with van der Waals surface area (Å²) < 4.78 is 25.5. The normalized spacial score (nSPS) is 24.7. The number of hydrogen-bond donors (Lipinski definition) is 1. The molecule has 2 rings (SSSR count). The van der Waals surface area contributed by atoms with Crippen molar-refractivity contribution in [1.29, 1.82) is 0 Å². The Balaban J connectivity index is 1.82. The zero-order valence-corrected chi connectivity index (χ0v) is 11.7. The Morgan fingerprint density at radius 1 is 1.06 bits per heavy atom. The maximum Gasteiger partial charge on any atom is 0.214 e. The van der Waals surface area contributed by atoms with Gasteiger partial charge in [-0.15, -0.1) is 0 Å². The van der Waals surface area contributed by atoms with Gasteiger partial charge in [0.05, 0.1) is 5.75 Å². The Morgan fingerprint density at radius 3 is 2.22 bits per heavy atom. The molecule has 6 heteroatoms. The SMILES string of the molecule is O=S(=O)(CCCO)N1CCN(C2CCCC2)CC1. The molecule has 0 aromatic rings.